The molecule has 1 saturated heterocycles. The average molecular weight is 397 g/mol. The van der Waals surface area contributed by atoms with E-state index in [2.05, 4.69) is 54.7 Å². The van der Waals surface area contributed by atoms with Gasteiger partial charge >= 0.3 is 0 Å². The zero-order chi connectivity index (χ0) is 19.9. The number of thiol groups is 1. The number of nitrogens with one attached hydrogen (secondary N) is 1. The summed E-state index contributed by atoms with van der Waals surface area (Å²) >= 11 is 4.36. The molecule has 2 heterocycles. The van der Waals surface area contributed by atoms with Crippen LogP contribution in [-0.2, 0) is 4.74 Å². The molecule has 0 amide bonds. The molecule has 1 N–H and O–H groups in total. The lowest BCUT2D eigenvalue weighted by Gasteiger charge is -2.34. The van der Waals surface area contributed by atoms with Gasteiger partial charge in [0.1, 0.15) is 11.7 Å². The van der Waals surface area contributed by atoms with E-state index in [1.54, 1.807) is 0 Å². The number of ether oxygens (including phenoxy) is 1. The van der Waals surface area contributed by atoms with Gasteiger partial charge in [-0.3, -0.25) is 0 Å². The largest absolute Gasteiger partial charge is 0.377 e. The van der Waals surface area contributed by atoms with E-state index < -0.39 is 0 Å². The number of rotatable bonds is 5. The minimum atomic E-state index is 0.299. The summed E-state index contributed by atoms with van der Waals surface area (Å²) in [6.07, 6.45) is 6.76. The molecule has 0 radical (unpaired) electrons. The van der Waals surface area contributed by atoms with E-state index in [0.717, 1.165) is 59.5 Å². The number of hydrogen-bond donors (Lipinski definition) is 2. The fourth-order valence-corrected chi connectivity index (χ4v) is 3.22. The van der Waals surface area contributed by atoms with Gasteiger partial charge in [0.2, 0.25) is 0 Å². The second-order valence-electron chi connectivity index (χ2n) is 6.92. The molecule has 2 aromatic rings. The van der Waals surface area contributed by atoms with Crippen molar-refractivity contribution < 1.29 is 4.74 Å². The molecule has 5 nitrogen and oxygen atoms in total. The van der Waals surface area contributed by atoms with Crippen LogP contribution in [0, 0.1) is 6.92 Å². The normalized spacial score (nSPS) is 17.9. The van der Waals surface area contributed by atoms with Crippen molar-refractivity contribution in [2.45, 2.75) is 38.1 Å². The molecule has 1 aromatic heterocycles. The van der Waals surface area contributed by atoms with Crippen LogP contribution in [0.3, 0.4) is 0 Å². The van der Waals surface area contributed by atoms with Crippen molar-refractivity contribution in [2.24, 2.45) is 4.99 Å². The van der Waals surface area contributed by atoms with Crippen molar-refractivity contribution in [2.75, 3.05) is 30.0 Å². The molecular weight excluding hydrogens is 368 g/mol. The molecule has 1 aliphatic heterocycles. The number of hydrogen-bond acceptors (Lipinski definition) is 5. The number of allylic oxidation sites excluding steroid dienone is 1. The monoisotopic (exact) mass is 396 g/mol. The molecule has 1 aliphatic rings. The first kappa shape index (κ1) is 20.4. The highest BCUT2D eigenvalue weighted by molar-refractivity contribution is 7.80. The number of benzene rings is 1. The molecule has 28 heavy (non-hydrogen) atoms. The Morgan fingerprint density at radius 1 is 1.39 bits per heavy atom. The van der Waals surface area contributed by atoms with Crippen molar-refractivity contribution in [1.29, 1.82) is 0 Å². The molecular formula is C22H28N4OS. The van der Waals surface area contributed by atoms with Gasteiger partial charge < -0.3 is 15.0 Å². The summed E-state index contributed by atoms with van der Waals surface area (Å²) in [5, 5.41) is 3.46. The summed E-state index contributed by atoms with van der Waals surface area (Å²) in [7, 11) is 0. The number of morpholine rings is 1. The number of anilines is 2. The summed E-state index contributed by atoms with van der Waals surface area (Å²) < 4.78 is 5.57. The van der Waals surface area contributed by atoms with Crippen molar-refractivity contribution >= 4 is 30.0 Å². The van der Waals surface area contributed by atoms with Crippen molar-refractivity contribution in [1.82, 2.24) is 4.98 Å². The summed E-state index contributed by atoms with van der Waals surface area (Å²) in [6, 6.07) is 10.4. The third kappa shape index (κ3) is 5.14. The van der Waals surface area contributed by atoms with Crippen LogP contribution in [0.2, 0.25) is 0 Å². The summed E-state index contributed by atoms with van der Waals surface area (Å²) in [5.41, 5.74) is 3.09. The van der Waals surface area contributed by atoms with Crippen LogP contribution in [0.1, 0.15) is 31.4 Å². The number of nitrogens with zero attached hydrogens (tertiary/aromatic N) is 3. The fourth-order valence-electron chi connectivity index (χ4n) is 3.08. The van der Waals surface area contributed by atoms with Crippen LogP contribution in [-0.4, -0.2) is 36.6 Å². The van der Waals surface area contributed by atoms with Gasteiger partial charge in [0.05, 0.1) is 19.3 Å². The maximum Gasteiger partial charge on any atom is 0.138 e. The molecule has 1 fully saturated rings. The molecule has 1 aromatic carbocycles. The predicted octanol–water partition coefficient (Wildman–Crippen LogP) is 4.69. The second kappa shape index (κ2) is 9.75. The molecule has 1 atom stereocenters. The van der Waals surface area contributed by atoms with Gasteiger partial charge in [-0.25, -0.2) is 9.98 Å². The molecule has 6 heteroatoms. The number of amidine groups is 1. The van der Waals surface area contributed by atoms with E-state index in [1.807, 2.05) is 42.7 Å². The van der Waals surface area contributed by atoms with E-state index in [4.69, 9.17) is 9.73 Å². The molecule has 0 bridgehead atoms. The van der Waals surface area contributed by atoms with Gasteiger partial charge in [0, 0.05) is 35.1 Å². The fraction of sp³-hybridized carbons (Fsp3) is 0.364. The third-order valence-electron chi connectivity index (χ3n) is 4.68. The van der Waals surface area contributed by atoms with Crippen LogP contribution in [0.25, 0.3) is 0 Å². The third-order valence-corrected chi connectivity index (χ3v) is 4.98. The summed E-state index contributed by atoms with van der Waals surface area (Å²) in [5.74, 6) is 1.76. The number of aromatic nitrogens is 1. The van der Waals surface area contributed by atoms with Gasteiger partial charge in [0.25, 0.3) is 0 Å². The van der Waals surface area contributed by atoms with E-state index in [1.165, 1.54) is 0 Å². The average Bonchev–Trinajstić information content (AvgIpc) is 2.70. The Kier molecular flexibility index (Phi) is 7.12. The summed E-state index contributed by atoms with van der Waals surface area (Å²) in [4.78, 5) is 12.6. The smallest absolute Gasteiger partial charge is 0.138 e. The molecule has 0 aliphatic carbocycles. The van der Waals surface area contributed by atoms with E-state index in [9.17, 15) is 0 Å². The van der Waals surface area contributed by atoms with Crippen LogP contribution >= 0.6 is 12.6 Å². The van der Waals surface area contributed by atoms with Gasteiger partial charge in [-0.2, -0.15) is 0 Å². The highest BCUT2D eigenvalue weighted by Gasteiger charge is 2.21. The zero-order valence-electron chi connectivity index (χ0n) is 16.7. The zero-order valence-corrected chi connectivity index (χ0v) is 17.6. The number of aliphatic imine (C=N–C) groups is 1. The first-order valence-electron chi connectivity index (χ1n) is 9.68. The highest BCUT2D eigenvalue weighted by Crippen LogP contribution is 2.22. The Labute approximate surface area is 173 Å². The second-order valence-corrected chi connectivity index (χ2v) is 7.43. The first-order chi connectivity index (χ1) is 13.6. The van der Waals surface area contributed by atoms with E-state index in [0.29, 0.717) is 6.04 Å². The van der Waals surface area contributed by atoms with E-state index >= 15 is 0 Å². The maximum atomic E-state index is 5.57. The Morgan fingerprint density at radius 2 is 2.18 bits per heavy atom. The minimum Gasteiger partial charge on any atom is -0.377 e. The standard InChI is InChI=1S/C22H28N4OS/c1-4-5-10-23-22(25-18-6-8-19(28)9-7-18)20-13-21(24-14-16(20)2)26-11-12-27-15-17(26)3/h5-10,13-14,17,28H,4,11-12,15H2,1-3H3,(H,23,25)/b10-5+. The van der Waals surface area contributed by atoms with Gasteiger partial charge in [-0.05, 0) is 56.2 Å². The first-order valence-corrected chi connectivity index (χ1v) is 10.1. The topological polar surface area (TPSA) is 49.8 Å². The minimum absolute atomic E-state index is 0.299. The van der Waals surface area contributed by atoms with Gasteiger partial charge in [0.15, 0.2) is 0 Å². The predicted molar refractivity (Wildman–Crippen MR) is 120 cm³/mol. The lowest BCUT2D eigenvalue weighted by atomic mass is 10.1. The highest BCUT2D eigenvalue weighted by atomic mass is 32.1. The summed E-state index contributed by atoms with van der Waals surface area (Å²) in [6.45, 7) is 8.61. The number of pyridine rings is 1. The van der Waals surface area contributed by atoms with Gasteiger partial charge in [-0.1, -0.05) is 13.0 Å². The molecule has 148 valence electrons. The molecule has 1 unspecified atom stereocenters. The van der Waals surface area contributed by atoms with Crippen molar-refractivity contribution in [3.05, 3.63) is 59.9 Å². The van der Waals surface area contributed by atoms with E-state index in [-0.39, 0.29) is 0 Å². The lowest BCUT2D eigenvalue weighted by Crippen LogP contribution is -2.44. The molecule has 0 spiro atoms. The quantitative estimate of drug-likeness (QED) is 0.437. The van der Waals surface area contributed by atoms with Gasteiger partial charge in [-0.15, -0.1) is 12.6 Å². The Balaban J connectivity index is 1.96. The lowest BCUT2D eigenvalue weighted by molar-refractivity contribution is 0.0985. The molecule has 0 saturated carbocycles. The van der Waals surface area contributed by atoms with Crippen LogP contribution < -0.4 is 10.2 Å². The Hall–Kier alpha value is -2.31. The van der Waals surface area contributed by atoms with Crippen LogP contribution in [0.5, 0.6) is 0 Å². The van der Waals surface area contributed by atoms with Crippen LogP contribution in [0.4, 0.5) is 11.5 Å². The number of aryl methyl sites for hydroxylation is 1. The Bertz CT molecular complexity index is 848. The maximum absolute atomic E-state index is 5.57. The Morgan fingerprint density at radius 3 is 2.89 bits per heavy atom. The van der Waals surface area contributed by atoms with Crippen molar-refractivity contribution in [3.63, 3.8) is 0 Å². The van der Waals surface area contributed by atoms with Crippen molar-refractivity contribution in [3.8, 4) is 0 Å². The SMILES string of the molecule is CC/C=C/N=C(Nc1ccc(S)cc1)c1cc(N2CCOCC2C)ncc1C. The molecule has 3 rings (SSSR count). The van der Waals surface area contributed by atoms with Crippen LogP contribution in [0.15, 0.2) is 58.7 Å².